The number of aliphatic hydroxyl groups is 2. The van der Waals surface area contributed by atoms with Crippen molar-refractivity contribution in [3.05, 3.63) is 60.8 Å². The maximum Gasteiger partial charge on any atom is 0.220 e. The van der Waals surface area contributed by atoms with E-state index < -0.39 is 12.1 Å². The summed E-state index contributed by atoms with van der Waals surface area (Å²) in [5.41, 5.74) is 0. The molecule has 0 saturated carbocycles. The molecule has 0 aromatic carbocycles. The fourth-order valence-corrected chi connectivity index (χ4v) is 9.63. The number of hydrogen-bond acceptors (Lipinski definition) is 3. The van der Waals surface area contributed by atoms with Gasteiger partial charge < -0.3 is 15.5 Å². The van der Waals surface area contributed by atoms with Gasteiger partial charge in [-0.15, -0.1) is 0 Å². The van der Waals surface area contributed by atoms with Crippen LogP contribution in [-0.4, -0.2) is 34.9 Å². The van der Waals surface area contributed by atoms with Crippen molar-refractivity contribution in [1.29, 1.82) is 0 Å². The molecule has 0 fully saturated rings. The Morgan fingerprint density at radius 3 is 0.957 bits per heavy atom. The Hall–Kier alpha value is -1.91. The van der Waals surface area contributed by atoms with Crippen molar-refractivity contribution in [2.75, 3.05) is 6.61 Å². The van der Waals surface area contributed by atoms with E-state index in [0.29, 0.717) is 12.8 Å². The fourth-order valence-electron chi connectivity index (χ4n) is 9.63. The van der Waals surface area contributed by atoms with Gasteiger partial charge in [-0.3, -0.25) is 4.79 Å². The molecule has 0 aliphatic heterocycles. The van der Waals surface area contributed by atoms with Crippen LogP contribution in [0.3, 0.4) is 0 Å². The molecule has 0 rings (SSSR count). The van der Waals surface area contributed by atoms with Gasteiger partial charge in [0.05, 0.1) is 18.8 Å². The van der Waals surface area contributed by atoms with E-state index in [9.17, 15) is 15.0 Å². The van der Waals surface area contributed by atoms with E-state index in [1.54, 1.807) is 0 Å². The highest BCUT2D eigenvalue weighted by Gasteiger charge is 2.20. The van der Waals surface area contributed by atoms with E-state index in [1.165, 1.54) is 244 Å². The maximum absolute atomic E-state index is 12.5. The molecule has 2 atom stereocenters. The molecule has 1 amide bonds. The third-order valence-electron chi connectivity index (χ3n) is 14.3. The van der Waals surface area contributed by atoms with Crippen LogP contribution in [0.2, 0.25) is 0 Å². The molecule has 404 valence electrons. The van der Waals surface area contributed by atoms with Crippen LogP contribution in [0.1, 0.15) is 328 Å². The predicted molar refractivity (Wildman–Crippen MR) is 308 cm³/mol. The van der Waals surface area contributed by atoms with Gasteiger partial charge in [-0.25, -0.2) is 0 Å². The van der Waals surface area contributed by atoms with Crippen LogP contribution in [0.15, 0.2) is 60.8 Å². The summed E-state index contributed by atoms with van der Waals surface area (Å²) < 4.78 is 0. The normalized spacial score (nSPS) is 13.2. The summed E-state index contributed by atoms with van der Waals surface area (Å²) in [7, 11) is 0. The highest BCUT2D eigenvalue weighted by Crippen LogP contribution is 2.18. The minimum absolute atomic E-state index is 0.0322. The number of carbonyl (C=O) groups is 1. The lowest BCUT2D eigenvalue weighted by Gasteiger charge is -2.22. The van der Waals surface area contributed by atoms with Gasteiger partial charge in [0, 0.05) is 6.42 Å². The van der Waals surface area contributed by atoms with E-state index in [4.69, 9.17) is 0 Å². The van der Waals surface area contributed by atoms with E-state index in [2.05, 4.69) is 79.9 Å². The van der Waals surface area contributed by atoms with E-state index in [0.717, 1.165) is 57.8 Å². The smallest absolute Gasteiger partial charge is 0.220 e. The second-order valence-corrected chi connectivity index (χ2v) is 21.1. The molecule has 3 N–H and O–H groups in total. The molecule has 0 aliphatic rings. The Bertz CT molecular complexity index is 1140. The number of amides is 1. The minimum Gasteiger partial charge on any atom is -0.394 e. The Kier molecular flexibility index (Phi) is 58.7. The molecule has 4 heteroatoms. The summed E-state index contributed by atoms with van der Waals surface area (Å²) in [6.07, 6.45) is 85.2. The van der Waals surface area contributed by atoms with Gasteiger partial charge >= 0.3 is 0 Å². The van der Waals surface area contributed by atoms with Crippen molar-refractivity contribution in [1.82, 2.24) is 5.32 Å². The van der Waals surface area contributed by atoms with Gasteiger partial charge in [-0.1, -0.05) is 325 Å². The summed E-state index contributed by atoms with van der Waals surface area (Å²) in [5.74, 6) is -0.0322. The predicted octanol–water partition coefficient (Wildman–Crippen LogP) is 20.8. The zero-order chi connectivity index (χ0) is 49.9. The van der Waals surface area contributed by atoms with E-state index in [1.807, 2.05) is 0 Å². The first-order chi connectivity index (χ1) is 34.2. The Balaban J connectivity index is 3.45. The summed E-state index contributed by atoms with van der Waals surface area (Å²) in [6.45, 7) is 4.27. The third kappa shape index (κ3) is 56.9. The molecule has 0 aromatic heterocycles. The van der Waals surface area contributed by atoms with E-state index >= 15 is 0 Å². The fraction of sp³-hybridized carbons (Fsp3) is 0.831. The molecular formula is C65H121NO3. The average molecular weight is 965 g/mol. The lowest BCUT2D eigenvalue weighted by atomic mass is 10.0. The molecular weight excluding hydrogens is 843 g/mol. The van der Waals surface area contributed by atoms with Crippen molar-refractivity contribution in [2.45, 2.75) is 341 Å². The summed E-state index contributed by atoms with van der Waals surface area (Å²) in [4.78, 5) is 12.5. The molecule has 0 aliphatic carbocycles. The van der Waals surface area contributed by atoms with Gasteiger partial charge in [0.25, 0.3) is 0 Å². The largest absolute Gasteiger partial charge is 0.394 e. The number of nitrogens with one attached hydrogen (secondary N) is 1. The number of carbonyl (C=O) groups excluding carboxylic acids is 1. The van der Waals surface area contributed by atoms with Gasteiger partial charge in [0.2, 0.25) is 5.91 Å². The molecule has 2 unspecified atom stereocenters. The zero-order valence-electron chi connectivity index (χ0n) is 46.6. The van der Waals surface area contributed by atoms with Crippen molar-refractivity contribution >= 4 is 5.91 Å². The SMILES string of the molecule is CC/C=C\C/C=C\C/C=C\C/C=C\C/C=C\CCCCCCCCCCCCCC(=O)NC(CO)C(O)CCCCCCCCCCCCCCCCCCCCCCCCCCCCCCCC. The first kappa shape index (κ1) is 67.1. The van der Waals surface area contributed by atoms with Gasteiger partial charge in [-0.05, 0) is 57.8 Å². The Morgan fingerprint density at radius 2 is 0.638 bits per heavy atom. The summed E-state index contributed by atoms with van der Waals surface area (Å²) >= 11 is 0. The van der Waals surface area contributed by atoms with Crippen LogP contribution in [0.4, 0.5) is 0 Å². The average Bonchev–Trinajstić information content (AvgIpc) is 3.35. The number of rotatable bonds is 57. The number of unbranched alkanes of at least 4 members (excludes halogenated alkanes) is 40. The van der Waals surface area contributed by atoms with Crippen LogP contribution in [0.5, 0.6) is 0 Å². The highest BCUT2D eigenvalue weighted by atomic mass is 16.3. The van der Waals surface area contributed by atoms with Gasteiger partial charge in [0.1, 0.15) is 0 Å². The zero-order valence-corrected chi connectivity index (χ0v) is 46.6. The van der Waals surface area contributed by atoms with Gasteiger partial charge in [0.15, 0.2) is 0 Å². The molecule has 0 heterocycles. The lowest BCUT2D eigenvalue weighted by molar-refractivity contribution is -0.123. The number of allylic oxidation sites excluding steroid dienone is 10. The first-order valence-corrected chi connectivity index (χ1v) is 31.0. The second-order valence-electron chi connectivity index (χ2n) is 21.1. The van der Waals surface area contributed by atoms with Crippen LogP contribution >= 0.6 is 0 Å². The molecule has 0 bridgehead atoms. The van der Waals surface area contributed by atoms with Crippen LogP contribution in [0.25, 0.3) is 0 Å². The van der Waals surface area contributed by atoms with Crippen molar-refractivity contribution in [3.8, 4) is 0 Å². The van der Waals surface area contributed by atoms with Crippen molar-refractivity contribution < 1.29 is 15.0 Å². The number of hydrogen-bond donors (Lipinski definition) is 3. The molecule has 0 spiro atoms. The van der Waals surface area contributed by atoms with Crippen LogP contribution < -0.4 is 5.32 Å². The van der Waals surface area contributed by atoms with Crippen LogP contribution in [-0.2, 0) is 4.79 Å². The Labute approximate surface area is 432 Å². The summed E-state index contributed by atoms with van der Waals surface area (Å²) in [5, 5.41) is 23.4. The molecule has 0 aromatic rings. The second kappa shape index (κ2) is 60.4. The summed E-state index contributed by atoms with van der Waals surface area (Å²) in [6, 6.07) is -0.542. The maximum atomic E-state index is 12.5. The first-order valence-electron chi connectivity index (χ1n) is 31.0. The standard InChI is InChI=1S/C65H121NO3/c1-3-5-7-9-11-13-15-17-19-21-23-25-27-29-31-32-33-35-36-38-40-42-44-46-48-50-52-54-56-58-60-64(68)63(62-67)66-65(69)61-59-57-55-53-51-49-47-45-43-41-39-37-34-30-28-26-24-22-20-18-16-14-12-10-8-6-4-2/h6,8,12,14,18,20,24,26,30,34,63-64,67-68H,3-5,7,9-11,13,15-17,19,21-23,25,27-29,31-33,35-62H2,1-2H3,(H,66,69)/b8-6-,14-12-,20-18-,26-24-,34-30-. The monoisotopic (exact) mass is 964 g/mol. The van der Waals surface area contributed by atoms with Crippen molar-refractivity contribution in [2.24, 2.45) is 0 Å². The highest BCUT2D eigenvalue weighted by molar-refractivity contribution is 5.76. The quantitative estimate of drug-likeness (QED) is 0.0420. The van der Waals surface area contributed by atoms with E-state index in [-0.39, 0.29) is 12.5 Å². The van der Waals surface area contributed by atoms with Gasteiger partial charge in [-0.2, -0.15) is 0 Å². The van der Waals surface area contributed by atoms with Crippen LogP contribution in [0, 0.1) is 0 Å². The van der Waals surface area contributed by atoms with Crippen molar-refractivity contribution in [3.63, 3.8) is 0 Å². The topological polar surface area (TPSA) is 69.6 Å². The molecule has 0 saturated heterocycles. The third-order valence-corrected chi connectivity index (χ3v) is 14.3. The molecule has 69 heavy (non-hydrogen) atoms. The minimum atomic E-state index is -0.665. The Morgan fingerprint density at radius 1 is 0.362 bits per heavy atom. The number of aliphatic hydroxyl groups excluding tert-OH is 2. The molecule has 0 radical (unpaired) electrons. The molecule has 4 nitrogen and oxygen atoms in total. The lowest BCUT2D eigenvalue weighted by Crippen LogP contribution is -2.45.